The summed E-state index contributed by atoms with van der Waals surface area (Å²) in [6.07, 6.45) is 2.42. The van der Waals surface area contributed by atoms with Gasteiger partial charge in [0.15, 0.2) is 0 Å². The molecule has 5 heteroatoms. The lowest BCUT2D eigenvalue weighted by atomic mass is 10.3. The third kappa shape index (κ3) is 3.27. The molecule has 4 nitrogen and oxygen atoms in total. The maximum absolute atomic E-state index is 11.2. The van der Waals surface area contributed by atoms with E-state index in [2.05, 4.69) is 11.6 Å². The average Bonchev–Trinajstić information content (AvgIpc) is 2.66. The first-order chi connectivity index (χ1) is 7.54. The highest BCUT2D eigenvalue weighted by atomic mass is 32.2. The third-order valence-corrected chi connectivity index (χ3v) is 2.36. The smallest absolute Gasteiger partial charge is 0.221 e. The molecule has 0 bridgehead atoms. The van der Waals surface area contributed by atoms with Crippen molar-refractivity contribution >= 4 is 28.2 Å². The minimum Gasteiger partial charge on any atom is -0.505 e. The van der Waals surface area contributed by atoms with E-state index in [1.54, 1.807) is 6.92 Å². The number of carbonyl (C=O) groups is 1. The van der Waals surface area contributed by atoms with E-state index in [4.69, 9.17) is 4.42 Å². The Bertz CT molecular complexity index is 434. The molecule has 0 radical (unpaired) electrons. The summed E-state index contributed by atoms with van der Waals surface area (Å²) in [6, 6.07) is 0. The molecule has 0 aliphatic heterocycles. The number of thioether (sulfide) groups is 1. The van der Waals surface area contributed by atoms with Crippen LogP contribution in [0.5, 0.6) is 0 Å². The van der Waals surface area contributed by atoms with E-state index in [-0.39, 0.29) is 16.6 Å². The summed E-state index contributed by atoms with van der Waals surface area (Å²) in [5, 5.41) is 9.38. The normalized spacial score (nSPS) is 11.5. The molecule has 0 amide bonds. The fourth-order valence-corrected chi connectivity index (χ4v) is 1.44. The molecule has 1 rings (SSSR count). The fourth-order valence-electron chi connectivity index (χ4n) is 0.957. The Hall–Kier alpha value is -1.49. The predicted octanol–water partition coefficient (Wildman–Crippen LogP) is 2.89. The number of aromatic nitrogens is 1. The van der Waals surface area contributed by atoms with Crippen molar-refractivity contribution in [1.29, 1.82) is 0 Å². The van der Waals surface area contributed by atoms with Gasteiger partial charge in [0.25, 0.3) is 0 Å². The molecule has 0 unspecified atom stereocenters. The Morgan fingerprint density at radius 1 is 1.75 bits per heavy atom. The zero-order valence-electron chi connectivity index (χ0n) is 9.19. The van der Waals surface area contributed by atoms with Crippen LogP contribution in [-0.2, 0) is 4.79 Å². The van der Waals surface area contributed by atoms with Crippen LogP contribution in [0.1, 0.15) is 25.4 Å². The van der Waals surface area contributed by atoms with E-state index in [0.29, 0.717) is 17.2 Å². The van der Waals surface area contributed by atoms with Gasteiger partial charge in [-0.2, -0.15) is 0 Å². The van der Waals surface area contributed by atoms with Crippen LogP contribution in [0.15, 0.2) is 23.3 Å². The van der Waals surface area contributed by atoms with Crippen molar-refractivity contribution in [1.82, 2.24) is 4.98 Å². The van der Waals surface area contributed by atoms with E-state index < -0.39 is 0 Å². The standard InChI is InChI=1S/C11H13NO3S/c1-4-16-10(14)5-9(13)8-6-15-11(12-8)7(2)3/h5-6,13H,2,4H2,1,3H3/b9-5-. The molecule has 1 N–H and O–H groups in total. The Kier molecular flexibility index (Phi) is 4.37. The van der Waals surface area contributed by atoms with Crippen LogP contribution in [-0.4, -0.2) is 21.0 Å². The molecule has 0 aromatic carbocycles. The van der Waals surface area contributed by atoms with Gasteiger partial charge < -0.3 is 9.52 Å². The second-order valence-corrected chi connectivity index (χ2v) is 4.37. The zero-order valence-corrected chi connectivity index (χ0v) is 10.0. The summed E-state index contributed by atoms with van der Waals surface area (Å²) in [7, 11) is 0. The highest BCUT2D eigenvalue weighted by molar-refractivity contribution is 8.14. The fraction of sp³-hybridized carbons (Fsp3) is 0.273. The van der Waals surface area contributed by atoms with Crippen LogP contribution in [0.25, 0.3) is 11.3 Å². The van der Waals surface area contributed by atoms with Crippen molar-refractivity contribution in [3.63, 3.8) is 0 Å². The minimum absolute atomic E-state index is 0.192. The second kappa shape index (κ2) is 5.55. The molecule has 0 saturated heterocycles. The molecule has 0 aliphatic carbocycles. The summed E-state index contributed by atoms with van der Waals surface area (Å²) < 4.78 is 5.06. The highest BCUT2D eigenvalue weighted by Crippen LogP contribution is 2.16. The molecule has 0 aliphatic rings. The van der Waals surface area contributed by atoms with Gasteiger partial charge in [-0.15, -0.1) is 0 Å². The van der Waals surface area contributed by atoms with Crippen molar-refractivity contribution in [2.24, 2.45) is 0 Å². The number of aliphatic hydroxyl groups excluding tert-OH is 1. The first-order valence-corrected chi connectivity index (χ1v) is 5.72. The average molecular weight is 239 g/mol. The van der Waals surface area contributed by atoms with Gasteiger partial charge in [-0.05, 0) is 12.7 Å². The molecule has 86 valence electrons. The number of carbonyl (C=O) groups excluding carboxylic acids is 1. The molecule has 0 fully saturated rings. The van der Waals surface area contributed by atoms with E-state index >= 15 is 0 Å². The van der Waals surface area contributed by atoms with E-state index in [9.17, 15) is 9.90 Å². The Morgan fingerprint density at radius 2 is 2.44 bits per heavy atom. The van der Waals surface area contributed by atoms with Gasteiger partial charge in [-0.25, -0.2) is 4.98 Å². The number of rotatable bonds is 4. The first kappa shape index (κ1) is 12.6. The van der Waals surface area contributed by atoms with Crippen LogP contribution in [0.4, 0.5) is 0 Å². The van der Waals surface area contributed by atoms with Crippen molar-refractivity contribution < 1.29 is 14.3 Å². The highest BCUT2D eigenvalue weighted by Gasteiger charge is 2.09. The number of allylic oxidation sites excluding steroid dienone is 1. The lowest BCUT2D eigenvalue weighted by molar-refractivity contribution is -0.107. The molecular weight excluding hydrogens is 226 g/mol. The molecule has 16 heavy (non-hydrogen) atoms. The van der Waals surface area contributed by atoms with Crippen LogP contribution in [0.3, 0.4) is 0 Å². The van der Waals surface area contributed by atoms with Crippen molar-refractivity contribution in [3.8, 4) is 0 Å². The third-order valence-electron chi connectivity index (χ3n) is 1.67. The number of hydrogen-bond donors (Lipinski definition) is 1. The Labute approximate surface area is 98.1 Å². The van der Waals surface area contributed by atoms with Gasteiger partial charge in [-0.1, -0.05) is 25.3 Å². The maximum Gasteiger partial charge on any atom is 0.221 e. The summed E-state index contributed by atoms with van der Waals surface area (Å²) in [4.78, 5) is 15.2. The number of oxazole rings is 1. The Morgan fingerprint density at radius 3 is 2.94 bits per heavy atom. The summed E-state index contributed by atoms with van der Waals surface area (Å²) in [5.74, 6) is 0.825. The molecule has 1 aromatic rings. The van der Waals surface area contributed by atoms with Gasteiger partial charge in [-0.3, -0.25) is 4.79 Å². The lowest BCUT2D eigenvalue weighted by Crippen LogP contribution is -1.91. The minimum atomic E-state index is -0.208. The molecule has 0 saturated carbocycles. The largest absolute Gasteiger partial charge is 0.505 e. The zero-order chi connectivity index (χ0) is 12.1. The summed E-state index contributed by atoms with van der Waals surface area (Å²) >= 11 is 1.12. The van der Waals surface area contributed by atoms with Crippen molar-refractivity contribution in [2.75, 3.05) is 5.75 Å². The van der Waals surface area contributed by atoms with Crippen LogP contribution >= 0.6 is 11.8 Å². The molecule has 0 spiro atoms. The molecular formula is C11H13NO3S. The SMILES string of the molecule is C=C(C)c1nc(/C(O)=C/C(=O)SCC)co1. The summed E-state index contributed by atoms with van der Waals surface area (Å²) in [6.45, 7) is 7.27. The van der Waals surface area contributed by atoms with Crippen LogP contribution < -0.4 is 0 Å². The Balaban J connectivity index is 2.83. The number of hydrogen-bond acceptors (Lipinski definition) is 5. The molecule has 1 heterocycles. The van der Waals surface area contributed by atoms with Crippen molar-refractivity contribution in [3.05, 3.63) is 30.5 Å². The van der Waals surface area contributed by atoms with E-state index in [1.807, 2.05) is 6.92 Å². The summed E-state index contributed by atoms with van der Waals surface area (Å²) in [5.41, 5.74) is 0.899. The maximum atomic E-state index is 11.2. The van der Waals surface area contributed by atoms with E-state index in [0.717, 1.165) is 17.8 Å². The van der Waals surface area contributed by atoms with Crippen molar-refractivity contribution in [2.45, 2.75) is 13.8 Å². The van der Waals surface area contributed by atoms with Gasteiger partial charge in [0.1, 0.15) is 17.7 Å². The topological polar surface area (TPSA) is 63.3 Å². The second-order valence-electron chi connectivity index (χ2n) is 3.10. The van der Waals surface area contributed by atoms with Crippen LogP contribution in [0.2, 0.25) is 0 Å². The first-order valence-electron chi connectivity index (χ1n) is 4.73. The molecule has 0 atom stereocenters. The quantitative estimate of drug-likeness (QED) is 0.646. The van der Waals surface area contributed by atoms with Gasteiger partial charge in [0, 0.05) is 11.6 Å². The van der Waals surface area contributed by atoms with E-state index in [1.165, 1.54) is 6.26 Å². The lowest BCUT2D eigenvalue weighted by Gasteiger charge is -1.93. The predicted molar refractivity (Wildman–Crippen MR) is 65.0 cm³/mol. The molecule has 1 aromatic heterocycles. The van der Waals surface area contributed by atoms with Gasteiger partial charge in [0.05, 0.1) is 0 Å². The van der Waals surface area contributed by atoms with Crippen LogP contribution in [0, 0.1) is 0 Å². The number of aliphatic hydroxyl groups is 1. The monoisotopic (exact) mass is 239 g/mol. The van der Waals surface area contributed by atoms with Gasteiger partial charge >= 0.3 is 0 Å². The van der Waals surface area contributed by atoms with Gasteiger partial charge in [0.2, 0.25) is 11.0 Å². The number of nitrogens with zero attached hydrogens (tertiary/aromatic N) is 1.